The first kappa shape index (κ1) is 20.8. The summed E-state index contributed by atoms with van der Waals surface area (Å²) >= 11 is 6.09. The number of nitrogens with one attached hydrogen (secondary N) is 1. The summed E-state index contributed by atoms with van der Waals surface area (Å²) < 4.78 is 44.9. The molecule has 0 radical (unpaired) electrons. The monoisotopic (exact) mass is 433 g/mol. The number of ether oxygens (including phenoxy) is 3. The Hall–Kier alpha value is -2.90. The van der Waals surface area contributed by atoms with E-state index in [1.165, 1.54) is 32.4 Å². The van der Waals surface area contributed by atoms with Crippen molar-refractivity contribution in [3.8, 4) is 23.0 Å². The predicted octanol–water partition coefficient (Wildman–Crippen LogP) is 5.26. The fraction of sp³-hybridized carbons (Fsp3) is 0.143. The zero-order valence-electron chi connectivity index (χ0n) is 16.1. The topological polar surface area (TPSA) is 73.9 Å². The van der Waals surface area contributed by atoms with Crippen LogP contribution in [0.1, 0.15) is 5.56 Å². The maximum Gasteiger partial charge on any atom is 0.265 e. The van der Waals surface area contributed by atoms with Gasteiger partial charge < -0.3 is 14.2 Å². The zero-order valence-corrected chi connectivity index (χ0v) is 17.7. The molecule has 8 heteroatoms. The molecule has 0 heterocycles. The van der Waals surface area contributed by atoms with E-state index in [1.54, 1.807) is 30.3 Å². The number of hydrogen-bond acceptors (Lipinski definition) is 5. The van der Waals surface area contributed by atoms with Crippen LogP contribution in [0.4, 0.5) is 5.69 Å². The van der Waals surface area contributed by atoms with Crippen LogP contribution in [0.5, 0.6) is 23.0 Å². The van der Waals surface area contributed by atoms with Gasteiger partial charge in [-0.05, 0) is 49.4 Å². The van der Waals surface area contributed by atoms with E-state index in [0.717, 1.165) is 5.56 Å². The number of aryl methyl sites for hydroxylation is 1. The molecule has 0 amide bonds. The van der Waals surface area contributed by atoms with Crippen molar-refractivity contribution in [2.45, 2.75) is 11.8 Å². The Kier molecular flexibility index (Phi) is 6.20. The van der Waals surface area contributed by atoms with Gasteiger partial charge in [-0.3, -0.25) is 4.72 Å². The maximum absolute atomic E-state index is 13.1. The van der Waals surface area contributed by atoms with Gasteiger partial charge in [-0.2, -0.15) is 0 Å². The van der Waals surface area contributed by atoms with Gasteiger partial charge in [-0.15, -0.1) is 0 Å². The second kappa shape index (κ2) is 8.63. The molecule has 0 aliphatic heterocycles. The van der Waals surface area contributed by atoms with Crippen molar-refractivity contribution in [1.29, 1.82) is 0 Å². The third-order valence-electron chi connectivity index (χ3n) is 4.10. The van der Waals surface area contributed by atoms with E-state index in [4.69, 9.17) is 25.8 Å². The normalized spacial score (nSPS) is 11.0. The first-order chi connectivity index (χ1) is 13.8. The number of sulfonamides is 1. The largest absolute Gasteiger partial charge is 0.497 e. The second-order valence-electron chi connectivity index (χ2n) is 6.18. The minimum absolute atomic E-state index is 0.0689. The Morgan fingerprint density at radius 2 is 1.48 bits per heavy atom. The number of anilines is 1. The summed E-state index contributed by atoms with van der Waals surface area (Å²) in [6.45, 7) is 1.97. The predicted molar refractivity (Wildman–Crippen MR) is 113 cm³/mol. The molecule has 0 spiro atoms. The standard InChI is InChI=1S/C21H20ClNO5S/c1-14-4-7-16(8-5-14)28-19-10-6-15(22)12-18(19)23-29(24,25)21-13-17(26-2)9-11-20(21)27-3/h4-13,23H,1-3H3. The summed E-state index contributed by atoms with van der Waals surface area (Å²) in [4.78, 5) is -0.0689. The van der Waals surface area contributed by atoms with Gasteiger partial charge in [0.05, 0.1) is 19.9 Å². The molecule has 1 N–H and O–H groups in total. The number of benzene rings is 3. The van der Waals surface area contributed by atoms with Crippen LogP contribution < -0.4 is 18.9 Å². The summed E-state index contributed by atoms with van der Waals surface area (Å²) in [5, 5.41) is 0.358. The van der Waals surface area contributed by atoms with Crippen LogP contribution in [0, 0.1) is 6.92 Å². The molecule has 0 saturated heterocycles. The van der Waals surface area contributed by atoms with E-state index < -0.39 is 10.0 Å². The quantitative estimate of drug-likeness (QED) is 0.550. The lowest BCUT2D eigenvalue weighted by atomic mass is 10.2. The molecule has 0 bridgehead atoms. The van der Waals surface area contributed by atoms with Crippen LogP contribution in [0.2, 0.25) is 5.02 Å². The lowest BCUT2D eigenvalue weighted by Gasteiger charge is -2.16. The molecule has 29 heavy (non-hydrogen) atoms. The Morgan fingerprint density at radius 3 is 2.14 bits per heavy atom. The number of halogens is 1. The van der Waals surface area contributed by atoms with Crippen LogP contribution in [0.3, 0.4) is 0 Å². The zero-order chi connectivity index (χ0) is 21.0. The summed E-state index contributed by atoms with van der Waals surface area (Å²) in [5.41, 5.74) is 1.28. The minimum atomic E-state index is -4.02. The molecule has 3 aromatic rings. The van der Waals surface area contributed by atoms with Gasteiger partial charge in [0.15, 0.2) is 5.75 Å². The lowest BCUT2D eigenvalue weighted by Crippen LogP contribution is -2.15. The highest BCUT2D eigenvalue weighted by Crippen LogP contribution is 2.35. The van der Waals surface area contributed by atoms with Crippen molar-refractivity contribution in [1.82, 2.24) is 0 Å². The smallest absolute Gasteiger partial charge is 0.265 e. The van der Waals surface area contributed by atoms with Gasteiger partial charge >= 0.3 is 0 Å². The number of methoxy groups -OCH3 is 2. The molecule has 0 aliphatic carbocycles. The molecule has 3 aromatic carbocycles. The lowest BCUT2D eigenvalue weighted by molar-refractivity contribution is 0.392. The highest BCUT2D eigenvalue weighted by molar-refractivity contribution is 7.92. The van der Waals surface area contributed by atoms with Crippen LogP contribution in [-0.2, 0) is 10.0 Å². The van der Waals surface area contributed by atoms with Gasteiger partial charge in [-0.25, -0.2) is 8.42 Å². The average Bonchev–Trinajstić information content (AvgIpc) is 2.70. The molecule has 0 unspecified atom stereocenters. The molecular formula is C21H20ClNO5S. The number of hydrogen-bond donors (Lipinski definition) is 1. The van der Waals surface area contributed by atoms with Crippen molar-refractivity contribution < 1.29 is 22.6 Å². The highest BCUT2D eigenvalue weighted by atomic mass is 35.5. The van der Waals surface area contributed by atoms with E-state index >= 15 is 0 Å². The van der Waals surface area contributed by atoms with E-state index in [0.29, 0.717) is 22.3 Å². The van der Waals surface area contributed by atoms with Crippen molar-refractivity contribution in [2.75, 3.05) is 18.9 Å². The van der Waals surface area contributed by atoms with Crippen molar-refractivity contribution in [2.24, 2.45) is 0 Å². The molecule has 152 valence electrons. The third kappa shape index (κ3) is 4.93. The fourth-order valence-corrected chi connectivity index (χ4v) is 4.02. The third-order valence-corrected chi connectivity index (χ3v) is 5.72. The molecule has 0 saturated carbocycles. The Balaban J connectivity index is 1.99. The van der Waals surface area contributed by atoms with Crippen molar-refractivity contribution in [3.05, 3.63) is 71.2 Å². The molecule has 0 aromatic heterocycles. The molecule has 0 atom stereocenters. The average molecular weight is 434 g/mol. The van der Waals surface area contributed by atoms with Crippen LogP contribution in [0.15, 0.2) is 65.6 Å². The van der Waals surface area contributed by atoms with Crippen molar-refractivity contribution in [3.63, 3.8) is 0 Å². The van der Waals surface area contributed by atoms with Crippen LogP contribution in [-0.4, -0.2) is 22.6 Å². The molecule has 0 fully saturated rings. The van der Waals surface area contributed by atoms with Gasteiger partial charge in [0, 0.05) is 11.1 Å². The van der Waals surface area contributed by atoms with Crippen LogP contribution in [0.25, 0.3) is 0 Å². The molecular weight excluding hydrogens is 414 g/mol. The SMILES string of the molecule is COc1ccc(OC)c(S(=O)(=O)Nc2cc(Cl)ccc2Oc2ccc(C)cc2)c1. The van der Waals surface area contributed by atoms with E-state index in [2.05, 4.69) is 4.72 Å². The van der Waals surface area contributed by atoms with E-state index in [1.807, 2.05) is 19.1 Å². The first-order valence-electron chi connectivity index (χ1n) is 8.61. The summed E-state index contributed by atoms with van der Waals surface area (Å²) in [5.74, 6) is 1.44. The Morgan fingerprint density at radius 1 is 0.828 bits per heavy atom. The number of rotatable bonds is 7. The summed E-state index contributed by atoms with van der Waals surface area (Å²) in [7, 11) is -1.17. The van der Waals surface area contributed by atoms with Crippen molar-refractivity contribution >= 4 is 27.3 Å². The molecule has 0 aliphatic rings. The van der Waals surface area contributed by atoms with Crippen LogP contribution >= 0.6 is 11.6 Å². The van der Waals surface area contributed by atoms with Gasteiger partial charge in [0.2, 0.25) is 0 Å². The molecule has 3 rings (SSSR count). The Bertz CT molecular complexity index is 1110. The second-order valence-corrected chi connectivity index (χ2v) is 8.27. The fourth-order valence-electron chi connectivity index (χ4n) is 2.60. The van der Waals surface area contributed by atoms with E-state index in [-0.39, 0.29) is 16.3 Å². The van der Waals surface area contributed by atoms with Gasteiger partial charge in [0.1, 0.15) is 22.1 Å². The Labute approximate surface area is 175 Å². The maximum atomic E-state index is 13.1. The van der Waals surface area contributed by atoms with E-state index in [9.17, 15) is 8.42 Å². The minimum Gasteiger partial charge on any atom is -0.497 e. The van der Waals surface area contributed by atoms with Gasteiger partial charge in [-0.1, -0.05) is 29.3 Å². The van der Waals surface area contributed by atoms with Gasteiger partial charge in [0.25, 0.3) is 10.0 Å². The molecule has 6 nitrogen and oxygen atoms in total. The first-order valence-corrected chi connectivity index (χ1v) is 10.5. The summed E-state index contributed by atoms with van der Waals surface area (Å²) in [6, 6.07) is 16.6. The summed E-state index contributed by atoms with van der Waals surface area (Å²) in [6.07, 6.45) is 0. The highest BCUT2D eigenvalue weighted by Gasteiger charge is 2.22.